The minimum Gasteiger partial charge on any atom is -0.312 e. The number of carbonyl (C=O) groups excluding carboxylic acids is 2. The maximum absolute atomic E-state index is 12.8. The zero-order valence-corrected chi connectivity index (χ0v) is 17.0. The van der Waals surface area contributed by atoms with Gasteiger partial charge in [0.2, 0.25) is 5.91 Å². The lowest BCUT2D eigenvalue weighted by molar-refractivity contribution is -0.123. The number of thiocarbonyl (C=S) groups is 1. The summed E-state index contributed by atoms with van der Waals surface area (Å²) in [4.78, 5) is 30.5. The van der Waals surface area contributed by atoms with Gasteiger partial charge in [-0.25, -0.2) is 0 Å². The van der Waals surface area contributed by atoms with Gasteiger partial charge in [0.15, 0.2) is 0 Å². The minimum atomic E-state index is -0.106. The molecule has 2 amide bonds. The highest BCUT2D eigenvalue weighted by atomic mass is 32.2. The molecule has 0 spiro atoms. The van der Waals surface area contributed by atoms with Gasteiger partial charge in [-0.15, -0.1) is 11.3 Å². The van der Waals surface area contributed by atoms with Crippen LogP contribution in [0.2, 0.25) is 0 Å². The van der Waals surface area contributed by atoms with Crippen LogP contribution in [0.1, 0.15) is 23.3 Å². The van der Waals surface area contributed by atoms with Gasteiger partial charge in [0.1, 0.15) is 4.32 Å². The maximum atomic E-state index is 12.8. The summed E-state index contributed by atoms with van der Waals surface area (Å²) >= 11 is 8.25. The van der Waals surface area contributed by atoms with E-state index in [0.717, 1.165) is 30.0 Å². The van der Waals surface area contributed by atoms with Crippen LogP contribution >= 0.6 is 35.3 Å². The third kappa shape index (κ3) is 3.85. The standard InChI is InChI=1S/C20H18N2O2S3/c23-18(21-10-3-6-14-5-1-2-8-16(14)21)9-11-22-19(24)17(27-20(22)25)13-15-7-4-12-26-15/h1-2,4-5,7-8,12-13H,3,6,9-11H2. The van der Waals surface area contributed by atoms with Crippen molar-refractivity contribution in [2.24, 2.45) is 0 Å². The summed E-state index contributed by atoms with van der Waals surface area (Å²) in [6.45, 7) is 1.05. The molecule has 3 heterocycles. The summed E-state index contributed by atoms with van der Waals surface area (Å²) in [6, 6.07) is 12.0. The molecule has 1 aromatic carbocycles. The number of hydrogen-bond donors (Lipinski definition) is 0. The molecule has 27 heavy (non-hydrogen) atoms. The lowest BCUT2D eigenvalue weighted by Gasteiger charge is -2.30. The Morgan fingerprint density at radius 3 is 2.89 bits per heavy atom. The molecule has 1 aromatic heterocycles. The van der Waals surface area contributed by atoms with Gasteiger partial charge in [-0.2, -0.15) is 0 Å². The summed E-state index contributed by atoms with van der Waals surface area (Å²) in [7, 11) is 0. The molecule has 1 saturated heterocycles. The average Bonchev–Trinajstić information content (AvgIpc) is 3.28. The SMILES string of the molecule is O=C1C(=Cc2cccs2)SC(=S)N1CCC(=O)N1CCCc2ccccc21. The van der Waals surface area contributed by atoms with Crippen molar-refractivity contribution in [3.05, 3.63) is 57.1 Å². The Morgan fingerprint density at radius 1 is 1.22 bits per heavy atom. The molecule has 0 bridgehead atoms. The zero-order valence-electron chi connectivity index (χ0n) is 14.6. The van der Waals surface area contributed by atoms with Crippen LogP contribution < -0.4 is 4.90 Å². The van der Waals surface area contributed by atoms with Crippen molar-refractivity contribution in [2.45, 2.75) is 19.3 Å². The minimum absolute atomic E-state index is 0.0402. The van der Waals surface area contributed by atoms with E-state index in [-0.39, 0.29) is 18.2 Å². The number of para-hydroxylation sites is 1. The van der Waals surface area contributed by atoms with E-state index in [4.69, 9.17) is 12.2 Å². The first kappa shape index (κ1) is 18.4. The highest BCUT2D eigenvalue weighted by molar-refractivity contribution is 8.26. The first-order valence-electron chi connectivity index (χ1n) is 8.80. The summed E-state index contributed by atoms with van der Waals surface area (Å²) in [5.74, 6) is -0.0660. The highest BCUT2D eigenvalue weighted by Gasteiger charge is 2.33. The number of amides is 2. The largest absolute Gasteiger partial charge is 0.312 e. The summed E-state index contributed by atoms with van der Waals surface area (Å²) in [6.07, 6.45) is 4.11. The predicted molar refractivity (Wildman–Crippen MR) is 116 cm³/mol. The van der Waals surface area contributed by atoms with Gasteiger partial charge in [0.05, 0.1) is 4.91 Å². The lowest BCUT2D eigenvalue weighted by Crippen LogP contribution is -2.38. The second kappa shape index (κ2) is 7.96. The van der Waals surface area contributed by atoms with Gasteiger partial charge >= 0.3 is 0 Å². The van der Waals surface area contributed by atoms with Gasteiger partial charge in [0, 0.05) is 30.1 Å². The number of benzene rings is 1. The smallest absolute Gasteiger partial charge is 0.266 e. The van der Waals surface area contributed by atoms with E-state index in [1.807, 2.05) is 46.7 Å². The Morgan fingerprint density at radius 2 is 2.07 bits per heavy atom. The van der Waals surface area contributed by atoms with Crippen LogP contribution in [0.5, 0.6) is 0 Å². The van der Waals surface area contributed by atoms with Crippen LogP contribution in [0.3, 0.4) is 0 Å². The molecule has 4 rings (SSSR count). The molecule has 4 nitrogen and oxygen atoms in total. The number of aryl methyl sites for hydroxylation is 1. The topological polar surface area (TPSA) is 40.6 Å². The molecule has 0 atom stereocenters. The summed E-state index contributed by atoms with van der Waals surface area (Å²) < 4.78 is 0.523. The van der Waals surface area contributed by atoms with Gasteiger partial charge in [-0.05, 0) is 42.0 Å². The quantitative estimate of drug-likeness (QED) is 0.552. The van der Waals surface area contributed by atoms with Gasteiger partial charge in [-0.3, -0.25) is 14.5 Å². The molecule has 0 unspecified atom stereocenters. The fourth-order valence-electron chi connectivity index (χ4n) is 3.33. The van der Waals surface area contributed by atoms with Gasteiger partial charge < -0.3 is 4.90 Å². The number of fused-ring (bicyclic) bond motifs is 1. The van der Waals surface area contributed by atoms with E-state index in [9.17, 15) is 9.59 Å². The molecule has 138 valence electrons. The van der Waals surface area contributed by atoms with Crippen LogP contribution in [-0.2, 0) is 16.0 Å². The zero-order chi connectivity index (χ0) is 18.8. The number of nitrogens with zero attached hydrogens (tertiary/aromatic N) is 2. The molecular formula is C20H18N2O2S3. The molecule has 0 radical (unpaired) electrons. The van der Waals surface area contributed by atoms with Crippen molar-refractivity contribution in [1.29, 1.82) is 0 Å². The molecule has 0 aliphatic carbocycles. The third-order valence-electron chi connectivity index (χ3n) is 4.65. The van der Waals surface area contributed by atoms with Crippen molar-refractivity contribution in [2.75, 3.05) is 18.0 Å². The second-order valence-electron chi connectivity index (χ2n) is 6.38. The Bertz CT molecular complexity index is 921. The molecule has 0 N–H and O–H groups in total. The third-order valence-corrected chi connectivity index (χ3v) is 6.85. The molecule has 1 fully saturated rings. The van der Waals surface area contributed by atoms with E-state index in [2.05, 4.69) is 6.07 Å². The van der Waals surface area contributed by atoms with Crippen molar-refractivity contribution in [3.8, 4) is 0 Å². The number of thiophene rings is 1. The van der Waals surface area contributed by atoms with Crippen LogP contribution in [-0.4, -0.2) is 34.1 Å². The number of carbonyl (C=O) groups is 2. The second-order valence-corrected chi connectivity index (χ2v) is 9.03. The molecule has 2 aliphatic heterocycles. The number of hydrogen-bond acceptors (Lipinski definition) is 5. The normalized spacial score (nSPS) is 18.3. The molecule has 7 heteroatoms. The maximum Gasteiger partial charge on any atom is 0.266 e. The van der Waals surface area contributed by atoms with Gasteiger partial charge in [0.25, 0.3) is 5.91 Å². The van der Waals surface area contributed by atoms with E-state index in [0.29, 0.717) is 15.8 Å². The first-order valence-corrected chi connectivity index (χ1v) is 10.9. The van der Waals surface area contributed by atoms with Crippen LogP contribution in [0.25, 0.3) is 6.08 Å². The van der Waals surface area contributed by atoms with Crippen LogP contribution in [0.4, 0.5) is 5.69 Å². The Kier molecular flexibility index (Phi) is 5.43. The summed E-state index contributed by atoms with van der Waals surface area (Å²) in [5, 5.41) is 1.97. The van der Waals surface area contributed by atoms with Crippen LogP contribution in [0, 0.1) is 0 Å². The predicted octanol–water partition coefficient (Wildman–Crippen LogP) is 4.32. The van der Waals surface area contributed by atoms with Crippen LogP contribution in [0.15, 0.2) is 46.7 Å². The average molecular weight is 415 g/mol. The fourth-order valence-corrected chi connectivity index (χ4v) is 5.36. The Balaban J connectivity index is 1.42. The lowest BCUT2D eigenvalue weighted by atomic mass is 10.0. The van der Waals surface area contributed by atoms with Gasteiger partial charge in [-0.1, -0.05) is 48.2 Å². The monoisotopic (exact) mass is 414 g/mol. The van der Waals surface area contributed by atoms with Crippen molar-refractivity contribution in [1.82, 2.24) is 4.90 Å². The van der Waals surface area contributed by atoms with Crippen molar-refractivity contribution < 1.29 is 9.59 Å². The van der Waals surface area contributed by atoms with E-state index < -0.39 is 0 Å². The fraction of sp³-hybridized carbons (Fsp3) is 0.250. The van der Waals surface area contributed by atoms with E-state index in [1.165, 1.54) is 17.3 Å². The Labute approximate surface area is 171 Å². The van der Waals surface area contributed by atoms with E-state index >= 15 is 0 Å². The number of rotatable bonds is 4. The molecule has 0 saturated carbocycles. The summed E-state index contributed by atoms with van der Waals surface area (Å²) in [5.41, 5.74) is 2.21. The molecular weight excluding hydrogens is 396 g/mol. The van der Waals surface area contributed by atoms with Crippen molar-refractivity contribution >= 4 is 63.2 Å². The first-order chi connectivity index (χ1) is 13.1. The van der Waals surface area contributed by atoms with Crippen molar-refractivity contribution in [3.63, 3.8) is 0 Å². The number of anilines is 1. The number of thioether (sulfide) groups is 1. The molecule has 2 aromatic rings. The van der Waals surface area contributed by atoms with E-state index in [1.54, 1.807) is 16.2 Å². The Hall–Kier alpha value is -1.96. The highest BCUT2D eigenvalue weighted by Crippen LogP contribution is 2.33. The molecule has 2 aliphatic rings.